The van der Waals surface area contributed by atoms with Gasteiger partial charge >= 0.3 is 23.9 Å². The number of aromatic nitrogens is 2. The first kappa shape index (κ1) is 69.8. The number of anilines is 2. The molecule has 2 aromatic heterocycles. The number of esters is 2. The third kappa shape index (κ3) is 15.8. The smallest absolute Gasteiger partial charge is 0.338 e. The lowest BCUT2D eigenvalue weighted by molar-refractivity contribution is 0.0588. The number of aromatic carboxylic acids is 2. The molecule has 11 rings (SSSR count). The Morgan fingerprint density at radius 2 is 0.606 bits per heavy atom. The summed E-state index contributed by atoms with van der Waals surface area (Å²) >= 11 is 0. The molecule has 0 spiro atoms. The Morgan fingerprint density at radius 1 is 0.343 bits per heavy atom. The number of carboxylic acid groups (broad SMARTS) is 2. The van der Waals surface area contributed by atoms with Crippen molar-refractivity contribution in [3.05, 3.63) is 285 Å². The van der Waals surface area contributed by atoms with E-state index in [1.807, 2.05) is 93.6 Å². The Labute approximate surface area is 561 Å². The number of carbonyl (C=O) groups is 8. The Balaban J connectivity index is 0.000000174. The molecule has 0 saturated heterocycles. The molecule has 0 saturated carbocycles. The minimum Gasteiger partial charge on any atom is -0.478 e. The lowest BCUT2D eigenvalue weighted by Crippen LogP contribution is -2.25. The van der Waals surface area contributed by atoms with Crippen molar-refractivity contribution < 1.29 is 72.3 Å². The molecule has 6 N–H and O–H groups in total. The summed E-state index contributed by atoms with van der Waals surface area (Å²) < 4.78 is 28.6. The fraction of sp³-hybridized carbons (Fsp3) is 0.108. The van der Waals surface area contributed by atoms with Crippen LogP contribution >= 0.6 is 0 Å². The molecule has 0 radical (unpaired) electrons. The maximum absolute atomic E-state index is 13.0. The van der Waals surface area contributed by atoms with Crippen LogP contribution in [0.2, 0.25) is 0 Å². The molecule has 99 heavy (non-hydrogen) atoms. The van der Waals surface area contributed by atoms with E-state index in [9.17, 15) is 67.7 Å². The summed E-state index contributed by atoms with van der Waals surface area (Å²) in [4.78, 5) is 148. The monoisotopic (exact) mass is 1340 g/mol. The summed E-state index contributed by atoms with van der Waals surface area (Å²) in [5, 5.41) is 29.4. The second-order valence-corrected chi connectivity index (χ2v) is 21.9. The molecule has 0 aliphatic rings. The number of carbonyl (C=O) groups excluding carboxylic acids is 6. The lowest BCUT2D eigenvalue weighted by atomic mass is 9.97. The molecule has 0 atom stereocenters. The van der Waals surface area contributed by atoms with E-state index in [-0.39, 0.29) is 54.9 Å². The van der Waals surface area contributed by atoms with Crippen LogP contribution in [0, 0.1) is 20.8 Å². The summed E-state index contributed by atoms with van der Waals surface area (Å²) in [6, 6.07) is 48.8. The number of rotatable bonds is 17. The molecule has 0 fully saturated rings. The lowest BCUT2D eigenvalue weighted by Gasteiger charge is -2.13. The summed E-state index contributed by atoms with van der Waals surface area (Å²) in [5.41, 5.74) is 0.00123. The first-order chi connectivity index (χ1) is 47.3. The van der Waals surface area contributed by atoms with E-state index in [1.54, 1.807) is 72.8 Å². The fourth-order valence-corrected chi connectivity index (χ4v) is 9.96. The van der Waals surface area contributed by atoms with Crippen LogP contribution < -0.4 is 57.7 Å². The molecule has 25 heteroatoms. The van der Waals surface area contributed by atoms with Gasteiger partial charge in [0.05, 0.1) is 86.0 Å². The second-order valence-electron chi connectivity index (χ2n) is 21.9. The SMILES string of the molecule is CNC(=O)c1cc(C(=O)Nc2ccc(Oc3ccc(C)cc3)cc2)c(C(=O)O)cc1C(=O)OC.CNC(=O)c1cc(C(=O)Nc2ccc(Oc3ccc(C)cc3)cc2)c(C(=O)OC)cc1C(=O)O.Cc1ccc(Oc2ccc(-n3c(=O)c4cc5c(=O)n(C)c(=O)c5cc4c3=O)cc2)cc1. The average Bonchev–Trinajstić information content (AvgIpc) is 1.65. The molecular formula is C74H60N6O19. The van der Waals surface area contributed by atoms with Gasteiger partial charge in [-0.3, -0.25) is 42.9 Å². The van der Waals surface area contributed by atoms with Gasteiger partial charge in [-0.2, -0.15) is 0 Å². The number of nitrogens with one attached hydrogen (secondary N) is 4. The van der Waals surface area contributed by atoms with E-state index in [2.05, 4.69) is 30.7 Å². The highest BCUT2D eigenvalue weighted by Gasteiger charge is 2.28. The first-order valence-corrected chi connectivity index (χ1v) is 29.8. The summed E-state index contributed by atoms with van der Waals surface area (Å²) in [6.45, 7) is 5.93. The second kappa shape index (κ2) is 30.2. The standard InChI is InChI=1S/2C25H22N2O7.C24H16N2O5/c1-14-4-8-16(9-5-14)34-17-10-6-15(7-11-17)27-23(29)18-12-19(22(28)26-2)21(25(32)33-3)13-20(18)24(30)31;1-14-4-8-16(9-5-14)34-17-10-6-15(7-11-17)27-23(29)19-12-18(22(28)26-2)20(24(30)31)13-21(19)25(32)33-3;1-13-3-7-15(8-4-13)31-16-9-5-14(6-10-16)26-23(29)19-11-17-18(12-20(19)24(26)30)22(28)25(2)21(17)27/h2*4-13H,1-3H3,(H,26,28)(H,27,29)(H,30,31);3-12H,1-2H3. The van der Waals surface area contributed by atoms with E-state index in [4.69, 9.17) is 14.2 Å². The molecule has 4 amide bonds. The quantitative estimate of drug-likeness (QED) is 0.0461. The fourth-order valence-electron chi connectivity index (χ4n) is 9.96. The molecule has 11 aromatic rings. The number of benzene rings is 9. The number of hydrogen-bond donors (Lipinski definition) is 6. The molecule has 0 aliphatic heterocycles. The molecule has 0 unspecified atom stereocenters. The van der Waals surface area contributed by atoms with Gasteiger partial charge in [0.2, 0.25) is 0 Å². The van der Waals surface area contributed by atoms with Crippen molar-refractivity contribution in [2.45, 2.75) is 20.8 Å². The largest absolute Gasteiger partial charge is 0.478 e. The highest BCUT2D eigenvalue weighted by atomic mass is 16.5. The van der Waals surface area contributed by atoms with Gasteiger partial charge in [0.15, 0.2) is 0 Å². The van der Waals surface area contributed by atoms with Gasteiger partial charge in [0, 0.05) is 32.5 Å². The summed E-state index contributed by atoms with van der Waals surface area (Å²) in [5.74, 6) is -3.97. The highest BCUT2D eigenvalue weighted by Crippen LogP contribution is 2.29. The summed E-state index contributed by atoms with van der Waals surface area (Å²) in [7, 11) is 6.23. The number of ether oxygens (including phenoxy) is 5. The Bertz CT molecular complexity index is 5130. The molecule has 0 bridgehead atoms. The molecular weight excluding hydrogens is 1280 g/mol. The summed E-state index contributed by atoms with van der Waals surface area (Å²) in [6.07, 6.45) is 0. The zero-order valence-electron chi connectivity index (χ0n) is 54.0. The van der Waals surface area contributed by atoms with Crippen LogP contribution in [0.1, 0.15) is 99.6 Å². The predicted octanol–water partition coefficient (Wildman–Crippen LogP) is 10.3. The maximum atomic E-state index is 13.0. The van der Waals surface area contributed by atoms with Crippen molar-refractivity contribution >= 4 is 80.4 Å². The van der Waals surface area contributed by atoms with E-state index in [1.165, 1.54) is 33.3 Å². The van der Waals surface area contributed by atoms with Gasteiger partial charge in [-0.25, -0.2) is 23.7 Å². The van der Waals surface area contributed by atoms with Crippen molar-refractivity contribution in [1.82, 2.24) is 19.8 Å². The van der Waals surface area contributed by atoms with Gasteiger partial charge in [0.1, 0.15) is 34.5 Å². The number of aryl methyl sites for hydroxylation is 3. The molecule has 9 aromatic carbocycles. The Kier molecular flexibility index (Phi) is 21.3. The average molecular weight is 1340 g/mol. The number of carboxylic acids is 2. The van der Waals surface area contributed by atoms with Crippen molar-refractivity contribution in [3.8, 4) is 40.2 Å². The van der Waals surface area contributed by atoms with Crippen LogP contribution in [0.5, 0.6) is 34.5 Å². The van der Waals surface area contributed by atoms with E-state index in [0.717, 1.165) is 64.3 Å². The number of nitrogens with zero attached hydrogens (tertiary/aromatic N) is 2. The maximum Gasteiger partial charge on any atom is 0.338 e. The van der Waals surface area contributed by atoms with Gasteiger partial charge in [-0.1, -0.05) is 53.1 Å². The number of hydrogen-bond acceptors (Lipinski definition) is 17. The minimum absolute atomic E-state index is 0.111. The van der Waals surface area contributed by atoms with Crippen LogP contribution in [-0.2, 0) is 16.5 Å². The van der Waals surface area contributed by atoms with Crippen LogP contribution in [0.3, 0.4) is 0 Å². The van der Waals surface area contributed by atoms with Crippen LogP contribution in [0.4, 0.5) is 11.4 Å². The Hall–Kier alpha value is -13.6. The third-order valence-corrected chi connectivity index (χ3v) is 15.2. The van der Waals surface area contributed by atoms with Crippen LogP contribution in [-0.4, -0.2) is 95.2 Å². The topological polar surface area (TPSA) is 349 Å². The zero-order valence-corrected chi connectivity index (χ0v) is 54.0. The Morgan fingerprint density at radius 3 is 0.909 bits per heavy atom. The first-order valence-electron chi connectivity index (χ1n) is 29.8. The van der Waals surface area contributed by atoms with Crippen molar-refractivity contribution in [2.75, 3.05) is 38.9 Å². The minimum atomic E-state index is -1.44. The van der Waals surface area contributed by atoms with Crippen LogP contribution in [0.15, 0.2) is 201 Å². The van der Waals surface area contributed by atoms with Gasteiger partial charge in [-0.05, 0) is 166 Å². The van der Waals surface area contributed by atoms with Crippen molar-refractivity contribution in [2.24, 2.45) is 7.05 Å². The van der Waals surface area contributed by atoms with Crippen molar-refractivity contribution in [1.29, 1.82) is 0 Å². The molecule has 25 nitrogen and oxygen atoms in total. The molecule has 2 heterocycles. The predicted molar refractivity (Wildman–Crippen MR) is 366 cm³/mol. The number of amides is 4. The van der Waals surface area contributed by atoms with Crippen molar-refractivity contribution in [3.63, 3.8) is 0 Å². The normalized spacial score (nSPS) is 10.6. The van der Waals surface area contributed by atoms with E-state index < -0.39 is 80.9 Å². The molecule has 500 valence electrons. The zero-order chi connectivity index (χ0) is 71.5. The highest BCUT2D eigenvalue weighted by molar-refractivity contribution is 6.16. The number of methoxy groups -OCH3 is 2. The third-order valence-electron chi connectivity index (χ3n) is 15.2. The van der Waals surface area contributed by atoms with E-state index in [0.29, 0.717) is 51.6 Å². The van der Waals surface area contributed by atoms with Gasteiger partial charge in [-0.15, -0.1) is 0 Å². The molecule has 0 aliphatic carbocycles. The van der Waals surface area contributed by atoms with E-state index >= 15 is 0 Å². The van der Waals surface area contributed by atoms with Crippen LogP contribution in [0.25, 0.3) is 27.2 Å². The number of fused-ring (bicyclic) bond motifs is 2. The van der Waals surface area contributed by atoms with Gasteiger partial charge < -0.3 is 55.2 Å². The van der Waals surface area contributed by atoms with Gasteiger partial charge in [0.25, 0.3) is 45.9 Å².